The molecule has 2 aromatic carbocycles. The first-order valence-corrected chi connectivity index (χ1v) is 8.78. The molecule has 1 saturated heterocycles. The van der Waals surface area contributed by atoms with Gasteiger partial charge >= 0.3 is 0 Å². The van der Waals surface area contributed by atoms with E-state index in [0.29, 0.717) is 0 Å². The van der Waals surface area contributed by atoms with Crippen LogP contribution in [-0.2, 0) is 0 Å². The maximum Gasteiger partial charge on any atom is 0.0167 e. The molecule has 0 aromatic heterocycles. The lowest BCUT2D eigenvalue weighted by atomic mass is 10.2. The smallest absolute Gasteiger partial charge is 0.0167 e. The average Bonchev–Trinajstić information content (AvgIpc) is 2.65. The van der Waals surface area contributed by atoms with Gasteiger partial charge in [0.15, 0.2) is 0 Å². The van der Waals surface area contributed by atoms with Gasteiger partial charge in [0.05, 0.1) is 0 Å². The molecule has 0 saturated carbocycles. The number of nitrogens with zero attached hydrogens (tertiary/aromatic N) is 2. The highest BCUT2D eigenvalue weighted by atomic mass is 15.3. The summed E-state index contributed by atoms with van der Waals surface area (Å²) in [5.41, 5.74) is 2.56. The number of hydrogen-bond acceptors (Lipinski definition) is 2. The molecular weight excluding hydrogens is 292 g/mol. The lowest BCUT2D eigenvalue weighted by Gasteiger charge is -2.33. The van der Waals surface area contributed by atoms with Crippen LogP contribution in [0.5, 0.6) is 0 Å². The highest BCUT2D eigenvalue weighted by Gasteiger charge is 2.14. The average molecular weight is 318 g/mol. The first-order valence-electron chi connectivity index (χ1n) is 8.78. The predicted octanol–water partition coefficient (Wildman–Crippen LogP) is 4.03. The molecule has 0 atom stereocenters. The first-order chi connectivity index (χ1) is 11.9. The van der Waals surface area contributed by atoms with E-state index in [0.717, 1.165) is 39.3 Å². The molecule has 0 spiro atoms. The van der Waals surface area contributed by atoms with Crippen molar-refractivity contribution in [3.8, 4) is 0 Å². The van der Waals surface area contributed by atoms with Crippen molar-refractivity contribution in [2.45, 2.75) is 0 Å². The molecule has 0 N–H and O–H groups in total. The Labute approximate surface area is 145 Å². The molecular formula is C22H26N2. The predicted molar refractivity (Wildman–Crippen MR) is 104 cm³/mol. The van der Waals surface area contributed by atoms with Gasteiger partial charge in [-0.25, -0.2) is 0 Å². The quantitative estimate of drug-likeness (QED) is 0.793. The van der Waals surface area contributed by atoms with Gasteiger partial charge in [-0.2, -0.15) is 0 Å². The Morgan fingerprint density at radius 3 is 1.33 bits per heavy atom. The van der Waals surface area contributed by atoms with Crippen molar-refractivity contribution in [3.05, 3.63) is 83.9 Å². The van der Waals surface area contributed by atoms with Crippen LogP contribution in [0.25, 0.3) is 12.2 Å². The molecule has 1 fully saturated rings. The van der Waals surface area contributed by atoms with Crippen LogP contribution in [0.4, 0.5) is 0 Å². The van der Waals surface area contributed by atoms with Gasteiger partial charge in [-0.1, -0.05) is 85.0 Å². The van der Waals surface area contributed by atoms with Crippen LogP contribution in [-0.4, -0.2) is 49.1 Å². The summed E-state index contributed by atoms with van der Waals surface area (Å²) in [7, 11) is 0. The summed E-state index contributed by atoms with van der Waals surface area (Å²) in [6.07, 6.45) is 8.99. The van der Waals surface area contributed by atoms with Gasteiger partial charge in [0.2, 0.25) is 0 Å². The zero-order valence-electron chi connectivity index (χ0n) is 14.2. The van der Waals surface area contributed by atoms with Gasteiger partial charge in [-0.15, -0.1) is 0 Å². The van der Waals surface area contributed by atoms with Crippen molar-refractivity contribution >= 4 is 12.2 Å². The monoisotopic (exact) mass is 318 g/mol. The first kappa shape index (κ1) is 16.7. The highest BCUT2D eigenvalue weighted by molar-refractivity contribution is 5.49. The maximum absolute atomic E-state index is 2.52. The minimum absolute atomic E-state index is 1.04. The molecule has 2 heteroatoms. The minimum atomic E-state index is 1.04. The molecule has 124 valence electrons. The van der Waals surface area contributed by atoms with Gasteiger partial charge in [-0.3, -0.25) is 9.80 Å². The van der Waals surface area contributed by atoms with Crippen LogP contribution in [0, 0.1) is 0 Å². The summed E-state index contributed by atoms with van der Waals surface area (Å²) in [5, 5.41) is 0. The van der Waals surface area contributed by atoms with Crippen LogP contribution >= 0.6 is 0 Å². The summed E-state index contributed by atoms with van der Waals surface area (Å²) in [5.74, 6) is 0. The van der Waals surface area contributed by atoms with E-state index in [2.05, 4.69) is 94.8 Å². The summed E-state index contributed by atoms with van der Waals surface area (Å²) in [4.78, 5) is 5.05. The van der Waals surface area contributed by atoms with E-state index in [1.165, 1.54) is 11.1 Å². The Balaban J connectivity index is 1.36. The Morgan fingerprint density at radius 2 is 0.958 bits per heavy atom. The van der Waals surface area contributed by atoms with Crippen molar-refractivity contribution in [1.82, 2.24) is 9.80 Å². The van der Waals surface area contributed by atoms with E-state index >= 15 is 0 Å². The highest BCUT2D eigenvalue weighted by Crippen LogP contribution is 2.06. The summed E-state index contributed by atoms with van der Waals surface area (Å²) >= 11 is 0. The summed E-state index contributed by atoms with van der Waals surface area (Å²) in [6, 6.07) is 21.0. The largest absolute Gasteiger partial charge is 0.297 e. The van der Waals surface area contributed by atoms with E-state index in [-0.39, 0.29) is 0 Å². The fraction of sp³-hybridized carbons (Fsp3) is 0.273. The Kier molecular flexibility index (Phi) is 6.41. The lowest BCUT2D eigenvalue weighted by molar-refractivity contribution is 0.154. The second-order valence-corrected chi connectivity index (χ2v) is 6.23. The fourth-order valence-electron chi connectivity index (χ4n) is 2.96. The van der Waals surface area contributed by atoms with Crippen molar-refractivity contribution in [3.63, 3.8) is 0 Å². The van der Waals surface area contributed by atoms with Gasteiger partial charge < -0.3 is 0 Å². The van der Waals surface area contributed by atoms with Crippen LogP contribution < -0.4 is 0 Å². The fourth-order valence-corrected chi connectivity index (χ4v) is 2.96. The standard InChI is InChI=1S/C22H26N2/c1-3-9-21(10-4-1)13-7-15-23-17-19-24(20-18-23)16-8-14-22-11-5-2-6-12-22/h1-14H,15-20H2. The number of rotatable bonds is 6. The van der Waals surface area contributed by atoms with E-state index in [4.69, 9.17) is 0 Å². The molecule has 0 aliphatic carbocycles. The third-order valence-electron chi connectivity index (χ3n) is 4.41. The topological polar surface area (TPSA) is 6.48 Å². The Bertz CT molecular complexity index is 579. The van der Waals surface area contributed by atoms with Crippen molar-refractivity contribution in [1.29, 1.82) is 0 Å². The molecule has 0 radical (unpaired) electrons. The molecule has 24 heavy (non-hydrogen) atoms. The molecule has 2 nitrogen and oxygen atoms in total. The molecule has 1 aliphatic rings. The van der Waals surface area contributed by atoms with Gasteiger partial charge in [0, 0.05) is 39.3 Å². The van der Waals surface area contributed by atoms with Crippen LogP contribution in [0.3, 0.4) is 0 Å². The second-order valence-electron chi connectivity index (χ2n) is 6.23. The Hall–Kier alpha value is -2.16. The normalized spacial score (nSPS) is 17.0. The SMILES string of the molecule is C(=Cc1ccccc1)CN1CCN(CC=Cc2ccccc2)CC1. The lowest BCUT2D eigenvalue weighted by Crippen LogP contribution is -2.46. The number of hydrogen-bond donors (Lipinski definition) is 0. The van der Waals surface area contributed by atoms with Gasteiger partial charge in [-0.05, 0) is 11.1 Å². The van der Waals surface area contributed by atoms with Gasteiger partial charge in [0.1, 0.15) is 0 Å². The Morgan fingerprint density at radius 1 is 0.583 bits per heavy atom. The van der Waals surface area contributed by atoms with E-state index in [1.54, 1.807) is 0 Å². The molecule has 0 amide bonds. The van der Waals surface area contributed by atoms with E-state index in [9.17, 15) is 0 Å². The van der Waals surface area contributed by atoms with Crippen LogP contribution in [0.15, 0.2) is 72.8 Å². The third-order valence-corrected chi connectivity index (χ3v) is 4.41. The molecule has 0 bridgehead atoms. The van der Waals surface area contributed by atoms with Crippen LogP contribution in [0.1, 0.15) is 11.1 Å². The van der Waals surface area contributed by atoms with Crippen molar-refractivity contribution < 1.29 is 0 Å². The maximum atomic E-state index is 2.52. The van der Waals surface area contributed by atoms with Crippen molar-refractivity contribution in [2.24, 2.45) is 0 Å². The molecule has 3 rings (SSSR count). The second kappa shape index (κ2) is 9.21. The number of piperazine rings is 1. The number of benzene rings is 2. The minimum Gasteiger partial charge on any atom is -0.297 e. The van der Waals surface area contributed by atoms with Crippen molar-refractivity contribution in [2.75, 3.05) is 39.3 Å². The molecule has 1 heterocycles. The van der Waals surface area contributed by atoms with Gasteiger partial charge in [0.25, 0.3) is 0 Å². The van der Waals surface area contributed by atoms with E-state index < -0.39 is 0 Å². The molecule has 2 aromatic rings. The summed E-state index contributed by atoms with van der Waals surface area (Å²) < 4.78 is 0. The zero-order valence-corrected chi connectivity index (χ0v) is 14.2. The van der Waals surface area contributed by atoms with Crippen LogP contribution in [0.2, 0.25) is 0 Å². The molecule has 0 unspecified atom stereocenters. The molecule has 1 aliphatic heterocycles. The third kappa shape index (κ3) is 5.48. The van der Waals surface area contributed by atoms with E-state index in [1.807, 2.05) is 0 Å². The zero-order chi connectivity index (χ0) is 16.5. The summed E-state index contributed by atoms with van der Waals surface area (Å²) in [6.45, 7) is 6.69.